The normalized spacial score (nSPS) is 12.2. The number of carbonyl (C=O) groups excluding carboxylic acids is 1. The van der Waals surface area contributed by atoms with Crippen LogP contribution in [0.3, 0.4) is 0 Å². The molecule has 1 unspecified atom stereocenters. The topological polar surface area (TPSA) is 64.3 Å². The quantitative estimate of drug-likeness (QED) is 0.818. The van der Waals surface area contributed by atoms with Gasteiger partial charge in [-0.05, 0) is 25.1 Å². The van der Waals surface area contributed by atoms with E-state index in [-0.39, 0.29) is 11.9 Å². The van der Waals surface area contributed by atoms with E-state index in [1.807, 2.05) is 0 Å². The summed E-state index contributed by atoms with van der Waals surface area (Å²) >= 11 is 5.88. The minimum absolute atomic E-state index is 0.385. The molecule has 3 N–H and O–H groups in total. The maximum absolute atomic E-state index is 10.8. The van der Waals surface area contributed by atoms with E-state index in [1.165, 1.54) is 0 Å². The molecule has 5 heteroatoms. The second-order valence-electron chi connectivity index (χ2n) is 3.46. The van der Waals surface area contributed by atoms with Gasteiger partial charge in [0.05, 0.1) is 13.2 Å². The number of primary amides is 1. The molecule has 1 aromatic carbocycles. The lowest BCUT2D eigenvalue weighted by Gasteiger charge is -2.12. The van der Waals surface area contributed by atoms with E-state index in [4.69, 9.17) is 22.1 Å². The lowest BCUT2D eigenvalue weighted by atomic mass is 10.2. The van der Waals surface area contributed by atoms with Crippen LogP contribution in [0.1, 0.15) is 12.5 Å². The average molecular weight is 243 g/mol. The highest BCUT2D eigenvalue weighted by Gasteiger charge is 2.09. The summed E-state index contributed by atoms with van der Waals surface area (Å²) in [6.07, 6.45) is 0. The van der Waals surface area contributed by atoms with Crippen molar-refractivity contribution in [3.8, 4) is 5.75 Å². The monoisotopic (exact) mass is 242 g/mol. The van der Waals surface area contributed by atoms with Crippen LogP contribution in [0.2, 0.25) is 5.02 Å². The fourth-order valence-electron chi connectivity index (χ4n) is 1.25. The highest BCUT2D eigenvalue weighted by Crippen LogP contribution is 2.22. The summed E-state index contributed by atoms with van der Waals surface area (Å²) in [7, 11) is 1.59. The van der Waals surface area contributed by atoms with Crippen LogP contribution < -0.4 is 15.8 Å². The molecule has 0 aliphatic carbocycles. The fraction of sp³-hybridized carbons (Fsp3) is 0.364. The van der Waals surface area contributed by atoms with Crippen LogP contribution in [-0.4, -0.2) is 19.1 Å². The van der Waals surface area contributed by atoms with Crippen molar-refractivity contribution in [2.75, 3.05) is 7.11 Å². The minimum Gasteiger partial charge on any atom is -0.496 e. The predicted octanol–water partition coefficient (Wildman–Crippen LogP) is 1.31. The molecule has 1 atom stereocenters. The van der Waals surface area contributed by atoms with Gasteiger partial charge >= 0.3 is 0 Å². The van der Waals surface area contributed by atoms with Gasteiger partial charge in [-0.1, -0.05) is 11.6 Å². The van der Waals surface area contributed by atoms with Gasteiger partial charge in [-0.25, -0.2) is 0 Å². The molecule has 0 radical (unpaired) electrons. The van der Waals surface area contributed by atoms with Crippen molar-refractivity contribution in [2.24, 2.45) is 5.73 Å². The molecule has 0 saturated carbocycles. The Balaban J connectivity index is 2.72. The van der Waals surface area contributed by atoms with Crippen molar-refractivity contribution < 1.29 is 9.53 Å². The lowest BCUT2D eigenvalue weighted by molar-refractivity contribution is -0.119. The number of halogens is 1. The van der Waals surface area contributed by atoms with E-state index in [1.54, 1.807) is 32.2 Å². The van der Waals surface area contributed by atoms with Gasteiger partial charge in [0.25, 0.3) is 0 Å². The van der Waals surface area contributed by atoms with Gasteiger partial charge in [0.2, 0.25) is 5.91 Å². The first-order valence-electron chi connectivity index (χ1n) is 4.89. The first kappa shape index (κ1) is 12.8. The summed E-state index contributed by atoms with van der Waals surface area (Å²) in [6, 6.07) is 4.94. The Hall–Kier alpha value is -1.26. The molecule has 0 spiro atoms. The van der Waals surface area contributed by atoms with Crippen LogP contribution in [0.25, 0.3) is 0 Å². The molecule has 0 saturated heterocycles. The molecule has 1 rings (SSSR count). The Morgan fingerprint density at radius 2 is 2.31 bits per heavy atom. The maximum Gasteiger partial charge on any atom is 0.234 e. The van der Waals surface area contributed by atoms with Gasteiger partial charge < -0.3 is 15.8 Å². The van der Waals surface area contributed by atoms with Crippen molar-refractivity contribution in [3.63, 3.8) is 0 Å². The third-order valence-electron chi connectivity index (χ3n) is 2.27. The van der Waals surface area contributed by atoms with E-state index >= 15 is 0 Å². The predicted molar refractivity (Wildman–Crippen MR) is 63.5 cm³/mol. The number of rotatable bonds is 5. The molecule has 1 amide bonds. The summed E-state index contributed by atoms with van der Waals surface area (Å²) in [6.45, 7) is 2.19. The van der Waals surface area contributed by atoms with Crippen molar-refractivity contribution in [3.05, 3.63) is 28.8 Å². The minimum atomic E-state index is -0.388. The summed E-state index contributed by atoms with van der Waals surface area (Å²) in [4.78, 5) is 10.8. The molecular weight excluding hydrogens is 228 g/mol. The summed E-state index contributed by atoms with van der Waals surface area (Å²) in [5.74, 6) is 0.342. The lowest BCUT2D eigenvalue weighted by Crippen LogP contribution is -2.38. The number of ether oxygens (including phenoxy) is 1. The van der Waals surface area contributed by atoms with Crippen LogP contribution in [0, 0.1) is 0 Å². The molecule has 16 heavy (non-hydrogen) atoms. The molecule has 88 valence electrons. The zero-order valence-electron chi connectivity index (χ0n) is 9.29. The van der Waals surface area contributed by atoms with Crippen LogP contribution >= 0.6 is 11.6 Å². The van der Waals surface area contributed by atoms with Gasteiger partial charge in [-0.2, -0.15) is 0 Å². The first-order valence-corrected chi connectivity index (χ1v) is 5.27. The smallest absolute Gasteiger partial charge is 0.234 e. The number of hydrogen-bond donors (Lipinski definition) is 2. The molecule has 0 aliphatic rings. The van der Waals surface area contributed by atoms with E-state index in [9.17, 15) is 4.79 Å². The van der Waals surface area contributed by atoms with Crippen LogP contribution in [0.5, 0.6) is 5.75 Å². The van der Waals surface area contributed by atoms with Gasteiger partial charge in [-0.15, -0.1) is 0 Å². The Morgan fingerprint density at radius 3 is 2.88 bits per heavy atom. The van der Waals surface area contributed by atoms with Gasteiger partial charge in [-0.3, -0.25) is 4.79 Å². The van der Waals surface area contributed by atoms with Crippen molar-refractivity contribution in [1.29, 1.82) is 0 Å². The zero-order chi connectivity index (χ0) is 12.1. The standard InChI is InChI=1S/C11H15ClN2O2/c1-7(11(13)15)14-6-8-5-9(12)3-4-10(8)16-2/h3-5,7,14H,6H2,1-2H3,(H2,13,15). The van der Waals surface area contributed by atoms with E-state index < -0.39 is 0 Å². The van der Waals surface area contributed by atoms with Gasteiger partial charge in [0, 0.05) is 17.1 Å². The molecular formula is C11H15ClN2O2. The Bertz CT molecular complexity index is 382. The number of amides is 1. The second-order valence-corrected chi connectivity index (χ2v) is 3.90. The second kappa shape index (κ2) is 5.72. The number of nitrogens with two attached hydrogens (primary N) is 1. The SMILES string of the molecule is COc1ccc(Cl)cc1CNC(C)C(N)=O. The van der Waals surface area contributed by atoms with Crippen molar-refractivity contribution >= 4 is 17.5 Å². The van der Waals surface area contributed by atoms with Crippen LogP contribution in [0.4, 0.5) is 0 Å². The Morgan fingerprint density at radius 1 is 1.62 bits per heavy atom. The number of nitrogens with one attached hydrogen (secondary N) is 1. The molecule has 1 aromatic rings. The fourth-order valence-corrected chi connectivity index (χ4v) is 1.44. The molecule has 0 bridgehead atoms. The highest BCUT2D eigenvalue weighted by molar-refractivity contribution is 6.30. The summed E-state index contributed by atoms with van der Waals surface area (Å²) in [5, 5.41) is 3.62. The molecule has 0 aliphatic heterocycles. The molecule has 0 aromatic heterocycles. The maximum atomic E-state index is 10.8. The number of methoxy groups -OCH3 is 1. The van der Waals surface area contributed by atoms with E-state index in [2.05, 4.69) is 5.32 Å². The highest BCUT2D eigenvalue weighted by atomic mass is 35.5. The average Bonchev–Trinajstić information content (AvgIpc) is 2.25. The van der Waals surface area contributed by atoms with Gasteiger partial charge in [0.15, 0.2) is 0 Å². The van der Waals surface area contributed by atoms with Crippen molar-refractivity contribution in [1.82, 2.24) is 5.32 Å². The zero-order valence-corrected chi connectivity index (χ0v) is 10.0. The Kier molecular flexibility index (Phi) is 4.58. The van der Waals surface area contributed by atoms with Crippen molar-refractivity contribution in [2.45, 2.75) is 19.5 Å². The number of hydrogen-bond acceptors (Lipinski definition) is 3. The molecule has 0 heterocycles. The third-order valence-corrected chi connectivity index (χ3v) is 2.50. The van der Waals surface area contributed by atoms with Gasteiger partial charge in [0.1, 0.15) is 5.75 Å². The van der Waals surface area contributed by atoms with E-state index in [0.29, 0.717) is 11.6 Å². The summed E-state index contributed by atoms with van der Waals surface area (Å²) in [5.41, 5.74) is 6.03. The molecule has 0 fully saturated rings. The third kappa shape index (κ3) is 3.40. The van der Waals surface area contributed by atoms with E-state index in [0.717, 1.165) is 11.3 Å². The summed E-state index contributed by atoms with van der Waals surface area (Å²) < 4.78 is 5.18. The first-order chi connectivity index (χ1) is 7.54. The molecule has 4 nitrogen and oxygen atoms in total. The Labute approximate surface area is 99.7 Å². The number of benzene rings is 1. The van der Waals surface area contributed by atoms with Crippen LogP contribution in [-0.2, 0) is 11.3 Å². The van der Waals surface area contributed by atoms with Crippen LogP contribution in [0.15, 0.2) is 18.2 Å². The number of carbonyl (C=O) groups is 1. The largest absolute Gasteiger partial charge is 0.496 e.